The second kappa shape index (κ2) is 9.84. The zero-order valence-electron chi connectivity index (χ0n) is 19.7. The first-order chi connectivity index (χ1) is 17.1. The molecule has 1 amide bonds. The Hall–Kier alpha value is -3.78. The Morgan fingerprint density at radius 1 is 0.943 bits per heavy atom. The molecule has 1 aromatic heterocycles. The molecule has 35 heavy (non-hydrogen) atoms. The summed E-state index contributed by atoms with van der Waals surface area (Å²) < 4.78 is 16.6. The fraction of sp³-hybridized carbons (Fsp3) is 0.222. The molecule has 2 heterocycles. The van der Waals surface area contributed by atoms with Gasteiger partial charge in [0.1, 0.15) is 11.5 Å². The van der Waals surface area contributed by atoms with E-state index in [9.17, 15) is 4.79 Å². The number of anilines is 2. The highest BCUT2D eigenvalue weighted by Gasteiger charge is 2.30. The van der Waals surface area contributed by atoms with E-state index in [4.69, 9.17) is 13.9 Å². The number of amides is 1. The number of benzene rings is 3. The quantitative estimate of drug-likeness (QED) is 0.323. The van der Waals surface area contributed by atoms with Crippen LogP contribution in [0, 0.1) is 0 Å². The number of thioether (sulfide) groups is 1. The van der Waals surface area contributed by atoms with E-state index in [1.54, 1.807) is 32.4 Å². The number of methoxy groups -OCH3 is 2. The minimum absolute atomic E-state index is 0.0430. The zero-order chi connectivity index (χ0) is 24.4. The van der Waals surface area contributed by atoms with Crippen LogP contribution in [0.5, 0.6) is 11.5 Å². The molecule has 0 N–H and O–H groups in total. The molecule has 0 fully saturated rings. The van der Waals surface area contributed by atoms with Crippen LogP contribution >= 0.6 is 11.8 Å². The highest BCUT2D eigenvalue weighted by atomic mass is 32.2. The van der Waals surface area contributed by atoms with Gasteiger partial charge in [0.2, 0.25) is 5.91 Å². The van der Waals surface area contributed by atoms with E-state index in [0.717, 1.165) is 35.3 Å². The number of carbonyl (C=O) groups excluding carboxylic acids is 1. The number of aromatic nitrogens is 2. The number of ether oxygens (including phenoxy) is 2. The lowest BCUT2D eigenvalue weighted by molar-refractivity contribution is -0.117. The summed E-state index contributed by atoms with van der Waals surface area (Å²) >= 11 is 1.24. The van der Waals surface area contributed by atoms with E-state index in [0.29, 0.717) is 28.2 Å². The molecular weight excluding hydrogens is 462 g/mol. The third kappa shape index (κ3) is 4.49. The molecule has 0 radical (unpaired) electrons. The van der Waals surface area contributed by atoms with Gasteiger partial charge in [0.15, 0.2) is 0 Å². The van der Waals surface area contributed by atoms with Crippen molar-refractivity contribution in [3.63, 3.8) is 0 Å². The molecule has 0 unspecified atom stereocenters. The van der Waals surface area contributed by atoms with Crippen molar-refractivity contribution in [1.82, 2.24) is 10.2 Å². The van der Waals surface area contributed by atoms with Crippen LogP contribution in [-0.2, 0) is 17.6 Å². The van der Waals surface area contributed by atoms with Crippen LogP contribution in [0.1, 0.15) is 18.1 Å². The van der Waals surface area contributed by atoms with E-state index in [2.05, 4.69) is 22.3 Å². The lowest BCUT2D eigenvalue weighted by Crippen LogP contribution is -2.33. The number of hydrogen-bond donors (Lipinski definition) is 0. The Morgan fingerprint density at radius 2 is 1.60 bits per heavy atom. The number of carbonyl (C=O) groups is 1. The molecule has 0 bridgehead atoms. The molecule has 1 aliphatic rings. The standard InChI is InChI=1S/C27H25N3O4S/c1-17(35-27-29-28-25(34-27)21-15-14-20(32-2)16-24(21)33-3)26(31)30-22-10-6-4-8-18(22)12-13-19-9-5-7-11-23(19)30/h4-11,14-17H,12-13H2,1-3H3/t17-/m1/s1. The van der Waals surface area contributed by atoms with Gasteiger partial charge >= 0.3 is 0 Å². The number of aryl methyl sites for hydroxylation is 2. The minimum Gasteiger partial charge on any atom is -0.497 e. The van der Waals surface area contributed by atoms with Crippen LogP contribution in [0.3, 0.4) is 0 Å². The number of para-hydroxylation sites is 2. The van der Waals surface area contributed by atoms with Gasteiger partial charge in [-0.2, -0.15) is 0 Å². The predicted octanol–water partition coefficient (Wildman–Crippen LogP) is 5.70. The highest BCUT2D eigenvalue weighted by molar-refractivity contribution is 8.00. The van der Waals surface area contributed by atoms with Crippen molar-refractivity contribution >= 4 is 29.0 Å². The van der Waals surface area contributed by atoms with Crippen molar-refractivity contribution in [2.24, 2.45) is 0 Å². The van der Waals surface area contributed by atoms with Crippen molar-refractivity contribution < 1.29 is 18.7 Å². The summed E-state index contributed by atoms with van der Waals surface area (Å²) in [5.74, 6) is 1.50. The first-order valence-corrected chi connectivity index (χ1v) is 12.2. The van der Waals surface area contributed by atoms with Crippen molar-refractivity contribution in [3.05, 3.63) is 77.9 Å². The summed E-state index contributed by atoms with van der Waals surface area (Å²) in [5.41, 5.74) is 4.80. The Morgan fingerprint density at radius 3 is 2.23 bits per heavy atom. The first kappa shape index (κ1) is 23.0. The van der Waals surface area contributed by atoms with Crippen LogP contribution in [-0.4, -0.2) is 35.6 Å². The lowest BCUT2D eigenvalue weighted by atomic mass is 10.0. The van der Waals surface area contributed by atoms with Gasteiger partial charge in [-0.15, -0.1) is 10.2 Å². The molecule has 0 saturated carbocycles. The Kier molecular flexibility index (Phi) is 6.46. The van der Waals surface area contributed by atoms with Gasteiger partial charge in [-0.3, -0.25) is 9.69 Å². The van der Waals surface area contributed by atoms with Crippen LogP contribution in [0.4, 0.5) is 11.4 Å². The first-order valence-electron chi connectivity index (χ1n) is 11.3. The monoisotopic (exact) mass is 487 g/mol. The van der Waals surface area contributed by atoms with Gasteiger partial charge in [-0.25, -0.2) is 0 Å². The normalized spacial score (nSPS) is 13.4. The second-order valence-corrected chi connectivity index (χ2v) is 9.42. The maximum absolute atomic E-state index is 13.8. The summed E-state index contributed by atoms with van der Waals surface area (Å²) in [6, 6.07) is 21.5. The highest BCUT2D eigenvalue weighted by Crippen LogP contribution is 2.39. The maximum atomic E-state index is 13.8. The van der Waals surface area contributed by atoms with Gasteiger partial charge < -0.3 is 13.9 Å². The average molecular weight is 488 g/mol. The summed E-state index contributed by atoms with van der Waals surface area (Å²) in [5, 5.41) is 8.21. The molecule has 0 aliphatic carbocycles. The number of fused-ring (bicyclic) bond motifs is 2. The minimum atomic E-state index is -0.458. The molecule has 1 atom stereocenters. The summed E-state index contributed by atoms with van der Waals surface area (Å²) in [4.78, 5) is 15.6. The Balaban J connectivity index is 1.42. The molecule has 0 spiro atoms. The van der Waals surface area contributed by atoms with Crippen LogP contribution in [0.15, 0.2) is 76.4 Å². The summed E-state index contributed by atoms with van der Waals surface area (Å²) in [6.45, 7) is 1.86. The molecular formula is C27H25N3O4S. The fourth-order valence-corrected chi connectivity index (χ4v) is 4.97. The number of nitrogens with zero attached hydrogens (tertiary/aromatic N) is 3. The zero-order valence-corrected chi connectivity index (χ0v) is 20.5. The van der Waals surface area contributed by atoms with Gasteiger partial charge in [-0.1, -0.05) is 48.2 Å². The van der Waals surface area contributed by atoms with E-state index < -0.39 is 5.25 Å². The average Bonchev–Trinajstić information content (AvgIpc) is 3.29. The Labute approximate surface area is 208 Å². The molecule has 0 saturated heterocycles. The molecule has 8 heteroatoms. The van der Waals surface area contributed by atoms with Crippen molar-refractivity contribution in [2.45, 2.75) is 30.2 Å². The largest absolute Gasteiger partial charge is 0.497 e. The molecule has 178 valence electrons. The van der Waals surface area contributed by atoms with Gasteiger partial charge in [0.05, 0.1) is 36.4 Å². The molecule has 5 rings (SSSR count). The van der Waals surface area contributed by atoms with E-state index in [1.165, 1.54) is 11.8 Å². The predicted molar refractivity (Wildman–Crippen MR) is 136 cm³/mol. The van der Waals surface area contributed by atoms with Crippen LogP contribution < -0.4 is 14.4 Å². The van der Waals surface area contributed by atoms with E-state index >= 15 is 0 Å². The smallest absolute Gasteiger partial charge is 0.277 e. The SMILES string of the molecule is COc1ccc(-c2nnc(S[C@H](C)C(=O)N3c4ccccc4CCc4ccccc43)o2)c(OC)c1. The molecule has 4 aromatic rings. The third-order valence-electron chi connectivity index (χ3n) is 6.02. The Bertz CT molecular complexity index is 1320. The summed E-state index contributed by atoms with van der Waals surface area (Å²) in [7, 11) is 3.16. The molecule has 3 aromatic carbocycles. The van der Waals surface area contributed by atoms with Gasteiger partial charge in [0.25, 0.3) is 11.1 Å². The van der Waals surface area contributed by atoms with Crippen LogP contribution in [0.25, 0.3) is 11.5 Å². The van der Waals surface area contributed by atoms with Gasteiger partial charge in [-0.05, 0) is 55.2 Å². The third-order valence-corrected chi connectivity index (χ3v) is 6.94. The van der Waals surface area contributed by atoms with E-state index in [1.807, 2.05) is 48.2 Å². The van der Waals surface area contributed by atoms with Crippen LogP contribution in [0.2, 0.25) is 0 Å². The summed E-state index contributed by atoms with van der Waals surface area (Å²) in [6.07, 6.45) is 1.77. The maximum Gasteiger partial charge on any atom is 0.277 e. The molecule has 1 aliphatic heterocycles. The van der Waals surface area contributed by atoms with Crippen molar-refractivity contribution in [3.8, 4) is 23.0 Å². The van der Waals surface area contributed by atoms with E-state index in [-0.39, 0.29) is 5.91 Å². The number of hydrogen-bond acceptors (Lipinski definition) is 7. The molecule has 7 nitrogen and oxygen atoms in total. The number of rotatable bonds is 6. The van der Waals surface area contributed by atoms with Crippen molar-refractivity contribution in [2.75, 3.05) is 19.1 Å². The topological polar surface area (TPSA) is 77.7 Å². The van der Waals surface area contributed by atoms with Gasteiger partial charge in [0, 0.05) is 6.07 Å². The lowest BCUT2D eigenvalue weighted by Gasteiger charge is -2.27. The second-order valence-electron chi connectivity index (χ2n) is 8.13. The van der Waals surface area contributed by atoms with Crippen molar-refractivity contribution in [1.29, 1.82) is 0 Å². The fourth-order valence-electron chi connectivity index (χ4n) is 4.24.